The maximum absolute atomic E-state index is 11.5. The van der Waals surface area contributed by atoms with E-state index in [-0.39, 0.29) is 5.91 Å². The average Bonchev–Trinajstić information content (AvgIpc) is 2.55. The highest BCUT2D eigenvalue weighted by Gasteiger charge is 2.19. The number of amides is 1. The first-order chi connectivity index (χ1) is 6.53. The summed E-state index contributed by atoms with van der Waals surface area (Å²) in [5.74, 6) is 3.00. The van der Waals surface area contributed by atoms with E-state index in [1.807, 2.05) is 13.8 Å². The van der Waals surface area contributed by atoms with Gasteiger partial charge in [-0.15, -0.1) is 6.42 Å². The Hall–Kier alpha value is -1.23. The molecule has 0 aromatic carbocycles. The lowest BCUT2D eigenvalue weighted by atomic mass is 10.0. The van der Waals surface area contributed by atoms with Crippen molar-refractivity contribution in [3.8, 4) is 12.3 Å². The third kappa shape index (κ3) is 3.26. The topological polar surface area (TPSA) is 29.1 Å². The van der Waals surface area contributed by atoms with Gasteiger partial charge in [-0.05, 0) is 32.6 Å². The first-order valence-corrected chi connectivity index (χ1v) is 4.99. The Balaban J connectivity index is 2.36. The van der Waals surface area contributed by atoms with E-state index in [4.69, 9.17) is 6.42 Å². The van der Waals surface area contributed by atoms with Crippen LogP contribution in [-0.2, 0) is 4.79 Å². The zero-order valence-corrected chi connectivity index (χ0v) is 8.84. The molecule has 0 heterocycles. The molecule has 0 fully saturated rings. The quantitative estimate of drug-likeness (QED) is 0.535. The van der Waals surface area contributed by atoms with Crippen LogP contribution in [0.4, 0.5) is 0 Å². The van der Waals surface area contributed by atoms with Gasteiger partial charge in [0.25, 0.3) is 0 Å². The van der Waals surface area contributed by atoms with Crippen molar-refractivity contribution in [1.29, 1.82) is 0 Å². The lowest BCUT2D eigenvalue weighted by Crippen LogP contribution is -2.42. The molecule has 1 atom stereocenters. The minimum atomic E-state index is -0.528. The van der Waals surface area contributed by atoms with Gasteiger partial charge in [0.05, 0.1) is 5.54 Å². The van der Waals surface area contributed by atoms with Crippen molar-refractivity contribution in [2.75, 3.05) is 0 Å². The van der Waals surface area contributed by atoms with E-state index in [1.165, 1.54) is 0 Å². The smallest absolute Gasteiger partial charge is 0.221 e. The van der Waals surface area contributed by atoms with Crippen molar-refractivity contribution in [3.63, 3.8) is 0 Å². The van der Waals surface area contributed by atoms with E-state index >= 15 is 0 Å². The maximum atomic E-state index is 11.5. The van der Waals surface area contributed by atoms with Gasteiger partial charge >= 0.3 is 0 Å². The van der Waals surface area contributed by atoms with Gasteiger partial charge in [-0.2, -0.15) is 0 Å². The van der Waals surface area contributed by atoms with Crippen molar-refractivity contribution in [2.45, 2.75) is 38.6 Å². The van der Waals surface area contributed by atoms with E-state index < -0.39 is 5.54 Å². The summed E-state index contributed by atoms with van der Waals surface area (Å²) in [5, 5.41) is 2.82. The van der Waals surface area contributed by atoms with Gasteiger partial charge in [-0.1, -0.05) is 18.1 Å². The van der Waals surface area contributed by atoms with Crippen LogP contribution in [0.5, 0.6) is 0 Å². The number of nitrogens with one attached hydrogen (secondary N) is 1. The number of carbonyl (C=O) groups is 1. The van der Waals surface area contributed by atoms with Crippen LogP contribution in [-0.4, -0.2) is 11.4 Å². The second kappa shape index (κ2) is 4.32. The van der Waals surface area contributed by atoms with Crippen LogP contribution in [0, 0.1) is 18.3 Å². The Kier molecular flexibility index (Phi) is 3.35. The molecule has 1 aliphatic rings. The van der Waals surface area contributed by atoms with Gasteiger partial charge in [0.2, 0.25) is 5.91 Å². The number of hydrogen-bond acceptors (Lipinski definition) is 1. The molecule has 76 valence electrons. The van der Waals surface area contributed by atoms with Crippen molar-refractivity contribution in [3.05, 3.63) is 12.2 Å². The maximum Gasteiger partial charge on any atom is 0.221 e. The zero-order chi connectivity index (χ0) is 10.6. The molecule has 0 radical (unpaired) electrons. The molecule has 1 N–H and O–H groups in total. The molecular weight excluding hydrogens is 174 g/mol. The molecule has 0 saturated heterocycles. The minimum absolute atomic E-state index is 0.0458. The van der Waals surface area contributed by atoms with E-state index in [0.717, 1.165) is 12.8 Å². The van der Waals surface area contributed by atoms with E-state index in [9.17, 15) is 4.79 Å². The van der Waals surface area contributed by atoms with Gasteiger partial charge in [-0.25, -0.2) is 0 Å². The van der Waals surface area contributed by atoms with Gasteiger partial charge in [-0.3, -0.25) is 4.79 Å². The third-order valence-electron chi connectivity index (χ3n) is 2.37. The number of allylic oxidation sites excluding steroid dienone is 2. The lowest BCUT2D eigenvalue weighted by Gasteiger charge is -2.20. The molecular formula is C12H17NO. The highest BCUT2D eigenvalue weighted by atomic mass is 16.1. The summed E-state index contributed by atoms with van der Waals surface area (Å²) in [6, 6.07) is 0. The molecule has 0 spiro atoms. The SMILES string of the molecule is C#CC(C)(C)NC(=O)CC1C=CCC1. The van der Waals surface area contributed by atoms with Crippen molar-refractivity contribution in [1.82, 2.24) is 5.32 Å². The molecule has 0 aromatic rings. The van der Waals surface area contributed by atoms with Crippen LogP contribution in [0.2, 0.25) is 0 Å². The summed E-state index contributed by atoms with van der Waals surface area (Å²) in [6.45, 7) is 3.66. The molecule has 0 aromatic heterocycles. The summed E-state index contributed by atoms with van der Waals surface area (Å²) in [7, 11) is 0. The Morgan fingerprint density at radius 3 is 2.93 bits per heavy atom. The third-order valence-corrected chi connectivity index (χ3v) is 2.37. The monoisotopic (exact) mass is 191 g/mol. The van der Waals surface area contributed by atoms with Crippen LogP contribution in [0.3, 0.4) is 0 Å². The van der Waals surface area contributed by atoms with Crippen LogP contribution in [0.25, 0.3) is 0 Å². The Labute approximate surface area is 85.8 Å². The van der Waals surface area contributed by atoms with Gasteiger partial charge in [0.15, 0.2) is 0 Å². The number of hydrogen-bond donors (Lipinski definition) is 1. The largest absolute Gasteiger partial charge is 0.340 e. The minimum Gasteiger partial charge on any atom is -0.340 e. The first kappa shape index (κ1) is 10.8. The molecule has 2 nitrogen and oxygen atoms in total. The second-order valence-electron chi connectivity index (χ2n) is 4.29. The van der Waals surface area contributed by atoms with Gasteiger partial charge in [0.1, 0.15) is 0 Å². The van der Waals surface area contributed by atoms with E-state index in [2.05, 4.69) is 23.4 Å². The molecule has 2 heteroatoms. The zero-order valence-electron chi connectivity index (χ0n) is 8.84. The van der Waals surface area contributed by atoms with Crippen LogP contribution in [0.15, 0.2) is 12.2 Å². The summed E-state index contributed by atoms with van der Waals surface area (Å²) in [5.41, 5.74) is -0.528. The Morgan fingerprint density at radius 1 is 1.71 bits per heavy atom. The predicted octanol–water partition coefficient (Wildman–Crippen LogP) is 1.87. The molecule has 1 unspecified atom stereocenters. The Morgan fingerprint density at radius 2 is 2.43 bits per heavy atom. The number of terminal acetylenes is 1. The highest BCUT2D eigenvalue weighted by molar-refractivity contribution is 5.77. The second-order valence-corrected chi connectivity index (χ2v) is 4.29. The summed E-state index contributed by atoms with van der Waals surface area (Å²) >= 11 is 0. The van der Waals surface area contributed by atoms with Crippen molar-refractivity contribution >= 4 is 5.91 Å². The molecule has 1 rings (SSSR count). The van der Waals surface area contributed by atoms with Gasteiger partial charge < -0.3 is 5.32 Å². The lowest BCUT2D eigenvalue weighted by molar-refractivity contribution is -0.122. The highest BCUT2D eigenvalue weighted by Crippen LogP contribution is 2.20. The molecule has 1 aliphatic carbocycles. The Bertz CT molecular complexity index is 283. The van der Waals surface area contributed by atoms with Crippen LogP contribution >= 0.6 is 0 Å². The molecule has 0 bridgehead atoms. The number of rotatable bonds is 3. The standard InChI is InChI=1S/C12H17NO/c1-4-12(2,3)13-11(14)9-10-7-5-6-8-10/h1,5,7,10H,6,8-9H2,2-3H3,(H,13,14). The normalized spacial score (nSPS) is 20.5. The molecule has 0 saturated carbocycles. The number of carbonyl (C=O) groups excluding carboxylic acids is 1. The predicted molar refractivity (Wildman–Crippen MR) is 57.5 cm³/mol. The molecule has 1 amide bonds. The van der Waals surface area contributed by atoms with E-state index in [1.54, 1.807) is 0 Å². The molecule has 0 aliphatic heterocycles. The van der Waals surface area contributed by atoms with Gasteiger partial charge in [0, 0.05) is 6.42 Å². The molecule has 14 heavy (non-hydrogen) atoms. The fourth-order valence-corrected chi connectivity index (χ4v) is 1.54. The fourth-order valence-electron chi connectivity index (χ4n) is 1.54. The summed E-state index contributed by atoms with van der Waals surface area (Å²) in [4.78, 5) is 11.5. The first-order valence-electron chi connectivity index (χ1n) is 4.99. The van der Waals surface area contributed by atoms with Crippen molar-refractivity contribution < 1.29 is 4.79 Å². The van der Waals surface area contributed by atoms with Crippen LogP contribution < -0.4 is 5.32 Å². The van der Waals surface area contributed by atoms with Crippen molar-refractivity contribution in [2.24, 2.45) is 5.92 Å². The summed E-state index contributed by atoms with van der Waals surface area (Å²) < 4.78 is 0. The van der Waals surface area contributed by atoms with Crippen LogP contribution in [0.1, 0.15) is 33.1 Å². The van der Waals surface area contributed by atoms with E-state index in [0.29, 0.717) is 12.3 Å². The average molecular weight is 191 g/mol. The fraction of sp³-hybridized carbons (Fsp3) is 0.583. The summed E-state index contributed by atoms with van der Waals surface area (Å²) in [6.07, 6.45) is 12.3.